The van der Waals surface area contributed by atoms with E-state index < -0.39 is 16.0 Å². The quantitative estimate of drug-likeness (QED) is 0.584. The van der Waals surface area contributed by atoms with E-state index >= 15 is 0 Å². The van der Waals surface area contributed by atoms with Crippen LogP contribution in [0.5, 0.6) is 0 Å². The van der Waals surface area contributed by atoms with Gasteiger partial charge in [0.1, 0.15) is 8.55 Å². The molecule has 0 amide bonds. The molecule has 26 heavy (non-hydrogen) atoms. The number of thiophene rings is 1. The fourth-order valence-corrected chi connectivity index (χ4v) is 5.23. The summed E-state index contributed by atoms with van der Waals surface area (Å²) in [5, 5.41) is 9.49. The number of anilines is 1. The van der Waals surface area contributed by atoms with E-state index in [1.54, 1.807) is 6.07 Å². The second-order valence-corrected chi connectivity index (χ2v) is 9.19. The predicted octanol–water partition coefficient (Wildman–Crippen LogP) is 5.22. The van der Waals surface area contributed by atoms with Crippen LogP contribution in [-0.2, 0) is 10.0 Å². The number of carboxylic acid groups (broad SMARTS) is 1. The lowest BCUT2D eigenvalue weighted by molar-refractivity contribution is 0.0698. The highest BCUT2D eigenvalue weighted by atomic mass is 35.5. The third-order valence-electron chi connectivity index (χ3n) is 3.49. The molecule has 0 aliphatic rings. The normalized spacial score (nSPS) is 11.3. The van der Waals surface area contributed by atoms with Crippen molar-refractivity contribution in [2.75, 3.05) is 4.72 Å². The summed E-state index contributed by atoms with van der Waals surface area (Å²) in [6.45, 7) is 0. The Hall–Kier alpha value is -2.06. The number of halogens is 2. The van der Waals surface area contributed by atoms with Gasteiger partial charge in [-0.3, -0.25) is 4.72 Å². The second-order valence-electron chi connectivity index (χ2n) is 5.22. The van der Waals surface area contributed by atoms with Crippen molar-refractivity contribution in [3.63, 3.8) is 0 Å². The topological polar surface area (TPSA) is 83.5 Å². The first-order chi connectivity index (χ1) is 12.3. The number of rotatable bonds is 5. The van der Waals surface area contributed by atoms with Crippen LogP contribution < -0.4 is 4.72 Å². The standard InChI is InChI=1S/C17H11Cl2NO4S2/c18-13-9-15(25-16(13)19)26(23,24)20-14-8-11(6-7-12(14)17(21)22)10-4-2-1-3-5-10/h1-9,20H,(H,21,22). The van der Waals surface area contributed by atoms with Gasteiger partial charge in [0.15, 0.2) is 0 Å². The lowest BCUT2D eigenvalue weighted by Gasteiger charge is -2.11. The molecule has 1 heterocycles. The number of sulfonamides is 1. The van der Waals surface area contributed by atoms with Gasteiger partial charge < -0.3 is 5.11 Å². The zero-order valence-corrected chi connectivity index (χ0v) is 16.1. The first-order valence-electron chi connectivity index (χ1n) is 7.18. The van der Waals surface area contributed by atoms with Crippen molar-refractivity contribution in [2.24, 2.45) is 0 Å². The smallest absolute Gasteiger partial charge is 0.337 e. The molecule has 0 bridgehead atoms. The Labute approximate surface area is 163 Å². The zero-order valence-electron chi connectivity index (χ0n) is 12.9. The minimum Gasteiger partial charge on any atom is -0.478 e. The molecule has 0 fully saturated rings. The number of hydrogen-bond acceptors (Lipinski definition) is 4. The number of hydrogen-bond donors (Lipinski definition) is 2. The zero-order chi connectivity index (χ0) is 18.9. The molecule has 0 saturated carbocycles. The summed E-state index contributed by atoms with van der Waals surface area (Å²) in [5.74, 6) is -1.25. The number of aromatic carboxylic acids is 1. The summed E-state index contributed by atoms with van der Waals surface area (Å²) >= 11 is 12.4. The highest BCUT2D eigenvalue weighted by Gasteiger charge is 2.22. The molecule has 0 radical (unpaired) electrons. The van der Waals surface area contributed by atoms with Crippen molar-refractivity contribution < 1.29 is 18.3 Å². The Bertz CT molecular complexity index is 1060. The molecule has 134 valence electrons. The van der Waals surface area contributed by atoms with E-state index in [-0.39, 0.29) is 24.8 Å². The molecule has 3 rings (SSSR count). The molecule has 0 saturated heterocycles. The Balaban J connectivity index is 2.06. The van der Waals surface area contributed by atoms with Crippen LogP contribution in [0.4, 0.5) is 5.69 Å². The SMILES string of the molecule is O=C(O)c1ccc(-c2ccccc2)cc1NS(=O)(=O)c1cc(Cl)c(Cl)s1. The van der Waals surface area contributed by atoms with E-state index in [0.717, 1.165) is 16.9 Å². The van der Waals surface area contributed by atoms with Gasteiger partial charge in [-0.1, -0.05) is 59.6 Å². The van der Waals surface area contributed by atoms with Gasteiger partial charge in [-0.05, 0) is 29.3 Å². The molecule has 0 unspecified atom stereocenters. The Morgan fingerprint density at radius 2 is 1.69 bits per heavy atom. The average Bonchev–Trinajstić information content (AvgIpc) is 2.95. The van der Waals surface area contributed by atoms with Crippen molar-refractivity contribution in [2.45, 2.75) is 4.21 Å². The van der Waals surface area contributed by atoms with E-state index in [1.807, 2.05) is 30.3 Å². The van der Waals surface area contributed by atoms with Gasteiger partial charge in [-0.15, -0.1) is 11.3 Å². The molecule has 1 aromatic heterocycles. The van der Waals surface area contributed by atoms with E-state index in [1.165, 1.54) is 18.2 Å². The number of carbonyl (C=O) groups is 1. The minimum absolute atomic E-state index is 0.0421. The van der Waals surface area contributed by atoms with Crippen LogP contribution in [0.2, 0.25) is 9.36 Å². The summed E-state index contributed by atoms with van der Waals surface area (Å²) in [6.07, 6.45) is 0. The minimum atomic E-state index is -4.03. The van der Waals surface area contributed by atoms with Gasteiger partial charge in [0.25, 0.3) is 10.0 Å². The third kappa shape index (κ3) is 3.86. The van der Waals surface area contributed by atoms with Gasteiger partial charge in [-0.25, -0.2) is 13.2 Å². The lowest BCUT2D eigenvalue weighted by atomic mass is 10.0. The van der Waals surface area contributed by atoms with Crippen molar-refractivity contribution in [3.8, 4) is 11.1 Å². The van der Waals surface area contributed by atoms with Crippen LogP contribution in [0.15, 0.2) is 58.8 Å². The van der Waals surface area contributed by atoms with Gasteiger partial charge in [0.2, 0.25) is 0 Å². The Morgan fingerprint density at radius 3 is 2.27 bits per heavy atom. The van der Waals surface area contributed by atoms with Crippen LogP contribution in [0.25, 0.3) is 11.1 Å². The van der Waals surface area contributed by atoms with Crippen LogP contribution in [0.1, 0.15) is 10.4 Å². The highest BCUT2D eigenvalue weighted by Crippen LogP contribution is 2.36. The Morgan fingerprint density at radius 1 is 1.00 bits per heavy atom. The fraction of sp³-hybridized carbons (Fsp3) is 0. The molecular formula is C17H11Cl2NO4S2. The molecule has 0 atom stereocenters. The molecule has 3 aromatic rings. The van der Waals surface area contributed by atoms with E-state index in [2.05, 4.69) is 4.72 Å². The maximum Gasteiger partial charge on any atom is 0.337 e. The summed E-state index contributed by atoms with van der Waals surface area (Å²) in [4.78, 5) is 11.5. The van der Waals surface area contributed by atoms with Crippen LogP contribution in [0, 0.1) is 0 Å². The van der Waals surface area contributed by atoms with Gasteiger partial charge >= 0.3 is 5.97 Å². The third-order valence-corrected chi connectivity index (χ3v) is 7.19. The molecule has 0 spiro atoms. The fourth-order valence-electron chi connectivity index (χ4n) is 2.28. The monoisotopic (exact) mass is 427 g/mol. The first-order valence-corrected chi connectivity index (χ1v) is 10.2. The molecule has 2 aromatic carbocycles. The van der Waals surface area contributed by atoms with Gasteiger partial charge in [0, 0.05) is 0 Å². The Kier molecular flexibility index (Phi) is 5.24. The van der Waals surface area contributed by atoms with Gasteiger partial charge in [-0.2, -0.15) is 0 Å². The van der Waals surface area contributed by atoms with Crippen LogP contribution in [0.3, 0.4) is 0 Å². The van der Waals surface area contributed by atoms with E-state index in [0.29, 0.717) is 5.56 Å². The summed E-state index contributed by atoms with van der Waals surface area (Å²) in [5.41, 5.74) is 1.30. The summed E-state index contributed by atoms with van der Waals surface area (Å²) in [7, 11) is -4.03. The molecule has 0 aliphatic heterocycles. The summed E-state index contributed by atoms with van der Waals surface area (Å²) in [6, 6.07) is 14.9. The van der Waals surface area contributed by atoms with E-state index in [9.17, 15) is 18.3 Å². The van der Waals surface area contributed by atoms with Crippen molar-refractivity contribution in [1.82, 2.24) is 0 Å². The molecular weight excluding hydrogens is 417 g/mol. The number of benzene rings is 2. The largest absolute Gasteiger partial charge is 0.478 e. The maximum atomic E-state index is 12.6. The molecule has 9 heteroatoms. The highest BCUT2D eigenvalue weighted by molar-refractivity contribution is 7.94. The lowest BCUT2D eigenvalue weighted by Crippen LogP contribution is -2.14. The predicted molar refractivity (Wildman–Crippen MR) is 104 cm³/mol. The summed E-state index contributed by atoms with van der Waals surface area (Å²) < 4.78 is 27.5. The second kappa shape index (κ2) is 7.28. The van der Waals surface area contributed by atoms with Crippen molar-refractivity contribution in [1.29, 1.82) is 0 Å². The number of carboxylic acids is 1. The molecule has 5 nitrogen and oxygen atoms in total. The maximum absolute atomic E-state index is 12.6. The van der Waals surface area contributed by atoms with Crippen LogP contribution >= 0.6 is 34.5 Å². The van der Waals surface area contributed by atoms with E-state index in [4.69, 9.17) is 23.2 Å². The molecule has 0 aliphatic carbocycles. The van der Waals surface area contributed by atoms with Crippen molar-refractivity contribution >= 4 is 56.2 Å². The van der Waals surface area contributed by atoms with Crippen LogP contribution in [-0.4, -0.2) is 19.5 Å². The first kappa shape index (κ1) is 18.7. The van der Waals surface area contributed by atoms with Crippen molar-refractivity contribution in [3.05, 3.63) is 69.5 Å². The van der Waals surface area contributed by atoms with Gasteiger partial charge in [0.05, 0.1) is 16.3 Å². The molecule has 2 N–H and O–H groups in total. The number of nitrogens with one attached hydrogen (secondary N) is 1. The average molecular weight is 428 g/mol.